The maximum atomic E-state index is 13.6. The summed E-state index contributed by atoms with van der Waals surface area (Å²) in [6.07, 6.45) is 0.896. The van der Waals surface area contributed by atoms with E-state index in [0.717, 1.165) is 0 Å². The van der Waals surface area contributed by atoms with Crippen LogP contribution in [0.4, 0.5) is 4.39 Å². The number of nitrogens with zero attached hydrogens (tertiary/aromatic N) is 1. The summed E-state index contributed by atoms with van der Waals surface area (Å²) in [4.78, 5) is 25.1. The Balaban J connectivity index is 1.88. The van der Waals surface area contributed by atoms with Crippen LogP contribution < -0.4 is 5.32 Å². The molecule has 0 radical (unpaired) electrons. The van der Waals surface area contributed by atoms with Crippen molar-refractivity contribution in [1.82, 2.24) is 10.2 Å². The van der Waals surface area contributed by atoms with Gasteiger partial charge in [-0.2, -0.15) is 0 Å². The summed E-state index contributed by atoms with van der Waals surface area (Å²) in [5.41, 5.74) is 0.534. The van der Waals surface area contributed by atoms with E-state index in [1.165, 1.54) is 13.0 Å². The molecule has 126 valence electrons. The zero-order chi connectivity index (χ0) is 16.8. The Bertz CT molecular complexity index is 565. The monoisotopic (exact) mass is 322 g/mol. The molecule has 0 saturated carbocycles. The number of aryl methyl sites for hydroxylation is 1. The maximum absolute atomic E-state index is 13.6. The first-order valence-corrected chi connectivity index (χ1v) is 7.93. The SMILES string of the molecule is CC(=O)N[C@H]1CCN(C(=O)CCc2ccccc2F)CC[C@@H]1O. The van der Waals surface area contributed by atoms with E-state index in [1.54, 1.807) is 23.1 Å². The van der Waals surface area contributed by atoms with Gasteiger partial charge in [0.25, 0.3) is 0 Å². The third kappa shape index (κ3) is 5.03. The quantitative estimate of drug-likeness (QED) is 0.876. The van der Waals surface area contributed by atoms with E-state index < -0.39 is 6.10 Å². The van der Waals surface area contributed by atoms with Gasteiger partial charge < -0.3 is 15.3 Å². The van der Waals surface area contributed by atoms with E-state index in [9.17, 15) is 19.1 Å². The molecule has 1 saturated heterocycles. The first kappa shape index (κ1) is 17.4. The maximum Gasteiger partial charge on any atom is 0.222 e. The third-order valence-corrected chi connectivity index (χ3v) is 4.18. The normalized spacial score (nSPS) is 21.6. The molecule has 23 heavy (non-hydrogen) atoms. The molecule has 1 heterocycles. The highest BCUT2D eigenvalue weighted by atomic mass is 19.1. The molecule has 1 fully saturated rings. The minimum atomic E-state index is -0.650. The van der Waals surface area contributed by atoms with Crippen molar-refractivity contribution in [3.8, 4) is 0 Å². The molecule has 2 atom stereocenters. The van der Waals surface area contributed by atoms with Gasteiger partial charge in [0.15, 0.2) is 0 Å². The zero-order valence-corrected chi connectivity index (χ0v) is 13.3. The van der Waals surface area contributed by atoms with Crippen molar-refractivity contribution in [2.75, 3.05) is 13.1 Å². The molecule has 0 aromatic heterocycles. The van der Waals surface area contributed by atoms with Gasteiger partial charge in [-0.05, 0) is 30.9 Å². The highest BCUT2D eigenvalue weighted by Gasteiger charge is 2.27. The topological polar surface area (TPSA) is 69.6 Å². The van der Waals surface area contributed by atoms with Gasteiger partial charge in [0, 0.05) is 26.4 Å². The predicted octanol–water partition coefficient (Wildman–Crippen LogP) is 1.25. The standard InChI is InChI=1S/C17H23FN2O3/c1-12(21)19-15-8-10-20(11-9-16(15)22)17(23)7-6-13-4-2-3-5-14(13)18/h2-5,15-16,22H,6-11H2,1H3,(H,19,21)/t15-,16-/m0/s1. The first-order chi connectivity index (χ1) is 11.0. The molecular formula is C17H23FN2O3. The molecule has 5 nitrogen and oxygen atoms in total. The Labute approximate surface area is 135 Å². The van der Waals surface area contributed by atoms with Crippen molar-refractivity contribution in [2.24, 2.45) is 0 Å². The van der Waals surface area contributed by atoms with Crippen LogP contribution in [0.3, 0.4) is 0 Å². The number of likely N-dealkylation sites (tertiary alicyclic amines) is 1. The molecule has 2 amide bonds. The van der Waals surface area contributed by atoms with Crippen LogP contribution in [0.2, 0.25) is 0 Å². The Morgan fingerprint density at radius 3 is 2.70 bits per heavy atom. The molecule has 2 rings (SSSR count). The van der Waals surface area contributed by atoms with Gasteiger partial charge in [0.1, 0.15) is 5.82 Å². The van der Waals surface area contributed by atoms with Crippen molar-refractivity contribution >= 4 is 11.8 Å². The van der Waals surface area contributed by atoms with Crippen LogP contribution in [-0.4, -0.2) is 47.1 Å². The fraction of sp³-hybridized carbons (Fsp3) is 0.529. The molecule has 0 unspecified atom stereocenters. The smallest absolute Gasteiger partial charge is 0.222 e. The van der Waals surface area contributed by atoms with Crippen molar-refractivity contribution in [3.05, 3.63) is 35.6 Å². The number of halogens is 1. The van der Waals surface area contributed by atoms with E-state index >= 15 is 0 Å². The lowest BCUT2D eigenvalue weighted by Gasteiger charge is -2.21. The summed E-state index contributed by atoms with van der Waals surface area (Å²) in [5, 5.41) is 12.8. The Hall–Kier alpha value is -1.95. The number of hydrogen-bond donors (Lipinski definition) is 2. The molecule has 1 aliphatic heterocycles. The van der Waals surface area contributed by atoms with Crippen LogP contribution in [0, 0.1) is 5.82 Å². The first-order valence-electron chi connectivity index (χ1n) is 7.93. The average molecular weight is 322 g/mol. The lowest BCUT2D eigenvalue weighted by Crippen LogP contribution is -2.42. The van der Waals surface area contributed by atoms with E-state index in [-0.39, 0.29) is 30.1 Å². The summed E-state index contributed by atoms with van der Waals surface area (Å²) >= 11 is 0. The lowest BCUT2D eigenvalue weighted by atomic mass is 10.1. The molecular weight excluding hydrogens is 299 g/mol. The van der Waals surface area contributed by atoms with Crippen LogP contribution >= 0.6 is 0 Å². The number of hydrogen-bond acceptors (Lipinski definition) is 3. The van der Waals surface area contributed by atoms with E-state index in [0.29, 0.717) is 37.9 Å². The van der Waals surface area contributed by atoms with Crippen LogP contribution in [0.5, 0.6) is 0 Å². The number of aliphatic hydroxyl groups is 1. The van der Waals surface area contributed by atoms with Gasteiger partial charge >= 0.3 is 0 Å². The number of carbonyl (C=O) groups is 2. The average Bonchev–Trinajstić information content (AvgIpc) is 2.68. The van der Waals surface area contributed by atoms with Crippen LogP contribution in [-0.2, 0) is 16.0 Å². The minimum Gasteiger partial charge on any atom is -0.391 e. The van der Waals surface area contributed by atoms with Crippen LogP contribution in [0.1, 0.15) is 31.7 Å². The second-order valence-electron chi connectivity index (χ2n) is 5.92. The van der Waals surface area contributed by atoms with E-state index in [1.807, 2.05) is 0 Å². The largest absolute Gasteiger partial charge is 0.391 e. The van der Waals surface area contributed by atoms with Crippen molar-refractivity contribution in [1.29, 1.82) is 0 Å². The highest BCUT2D eigenvalue weighted by Crippen LogP contribution is 2.15. The number of nitrogens with one attached hydrogen (secondary N) is 1. The highest BCUT2D eigenvalue weighted by molar-refractivity contribution is 5.76. The summed E-state index contributed by atoms with van der Waals surface area (Å²) in [7, 11) is 0. The van der Waals surface area contributed by atoms with Crippen LogP contribution in [0.15, 0.2) is 24.3 Å². The third-order valence-electron chi connectivity index (χ3n) is 4.18. The molecule has 1 aromatic rings. The van der Waals surface area contributed by atoms with Crippen LogP contribution in [0.25, 0.3) is 0 Å². The molecule has 0 bridgehead atoms. The summed E-state index contributed by atoms with van der Waals surface area (Å²) < 4.78 is 13.6. The number of aliphatic hydroxyl groups excluding tert-OH is 1. The van der Waals surface area contributed by atoms with Crippen molar-refractivity contribution < 1.29 is 19.1 Å². The van der Waals surface area contributed by atoms with Gasteiger partial charge in [0.2, 0.25) is 11.8 Å². The molecule has 1 aromatic carbocycles. The van der Waals surface area contributed by atoms with Gasteiger partial charge in [-0.1, -0.05) is 18.2 Å². The minimum absolute atomic E-state index is 0.0519. The Kier molecular flexibility index (Phi) is 6.10. The van der Waals surface area contributed by atoms with Gasteiger partial charge in [-0.3, -0.25) is 9.59 Å². The fourth-order valence-corrected chi connectivity index (χ4v) is 2.87. The molecule has 0 spiro atoms. The van der Waals surface area contributed by atoms with Crippen molar-refractivity contribution in [2.45, 2.75) is 44.8 Å². The fourth-order valence-electron chi connectivity index (χ4n) is 2.87. The van der Waals surface area contributed by atoms with E-state index in [4.69, 9.17) is 0 Å². The summed E-state index contributed by atoms with van der Waals surface area (Å²) in [6, 6.07) is 6.13. The number of amides is 2. The molecule has 2 N–H and O–H groups in total. The van der Waals surface area contributed by atoms with Gasteiger partial charge in [-0.25, -0.2) is 4.39 Å². The van der Waals surface area contributed by atoms with E-state index in [2.05, 4.69) is 5.32 Å². The summed E-state index contributed by atoms with van der Waals surface area (Å²) in [6.45, 7) is 2.35. The Morgan fingerprint density at radius 2 is 2.00 bits per heavy atom. The molecule has 0 aliphatic carbocycles. The Morgan fingerprint density at radius 1 is 1.30 bits per heavy atom. The van der Waals surface area contributed by atoms with Gasteiger partial charge in [0.05, 0.1) is 12.1 Å². The molecule has 1 aliphatic rings. The number of rotatable bonds is 4. The number of carbonyl (C=O) groups excluding carboxylic acids is 2. The second-order valence-corrected chi connectivity index (χ2v) is 5.92. The van der Waals surface area contributed by atoms with Gasteiger partial charge in [-0.15, -0.1) is 0 Å². The molecule has 6 heteroatoms. The predicted molar refractivity (Wildman–Crippen MR) is 84.1 cm³/mol. The zero-order valence-electron chi connectivity index (χ0n) is 13.3. The summed E-state index contributed by atoms with van der Waals surface area (Å²) in [5.74, 6) is -0.533. The number of benzene rings is 1. The lowest BCUT2D eigenvalue weighted by molar-refractivity contribution is -0.131. The second kappa shape index (κ2) is 8.06. The van der Waals surface area contributed by atoms with Crippen molar-refractivity contribution in [3.63, 3.8) is 0 Å².